The van der Waals surface area contributed by atoms with Gasteiger partial charge in [0.15, 0.2) is 5.65 Å². The van der Waals surface area contributed by atoms with Crippen molar-refractivity contribution in [1.29, 1.82) is 0 Å². The number of imidazole rings is 1. The molecule has 7 rings (SSSR count). The van der Waals surface area contributed by atoms with Crippen molar-refractivity contribution in [2.24, 2.45) is 0 Å². The Morgan fingerprint density at radius 2 is 1.86 bits per heavy atom. The highest BCUT2D eigenvalue weighted by Gasteiger charge is 2.27. The van der Waals surface area contributed by atoms with E-state index in [2.05, 4.69) is 19.5 Å². The maximum atomic E-state index is 12.9. The zero-order chi connectivity index (χ0) is 34.1. The number of halogens is 2. The Kier molecular flexibility index (Phi) is 9.29. The summed E-state index contributed by atoms with van der Waals surface area (Å²) in [5.74, 6) is 1.41. The molecule has 49 heavy (non-hydrogen) atoms. The molecule has 258 valence electrons. The topological polar surface area (TPSA) is 109 Å². The van der Waals surface area contributed by atoms with Gasteiger partial charge >= 0.3 is 5.97 Å². The van der Waals surface area contributed by atoms with Crippen LogP contribution in [-0.2, 0) is 35.7 Å². The first-order valence-corrected chi connectivity index (χ1v) is 16.8. The summed E-state index contributed by atoms with van der Waals surface area (Å²) in [6.45, 7) is 9.19. The smallest absolute Gasteiger partial charge is 0.338 e. The Balaban J connectivity index is 0.994. The van der Waals surface area contributed by atoms with E-state index in [1.165, 1.54) is 10.9 Å². The molecule has 5 aromatic rings. The Hall–Kier alpha value is -4.49. The van der Waals surface area contributed by atoms with Crippen LogP contribution in [0, 0.1) is 0 Å². The number of carbonyl (C=O) groups is 1. The highest BCUT2D eigenvalue weighted by molar-refractivity contribution is 5.94. The summed E-state index contributed by atoms with van der Waals surface area (Å²) in [5, 5.41) is 4.73. The van der Waals surface area contributed by atoms with E-state index >= 15 is 0 Å². The lowest BCUT2D eigenvalue weighted by Gasteiger charge is -2.32. The second-order valence-electron chi connectivity index (χ2n) is 13.8. The zero-order valence-corrected chi connectivity index (χ0v) is 28.0. The van der Waals surface area contributed by atoms with Crippen molar-refractivity contribution in [3.8, 4) is 5.88 Å². The van der Waals surface area contributed by atoms with Gasteiger partial charge in [0.1, 0.15) is 24.6 Å². The number of piperidine rings is 1. The Morgan fingerprint density at radius 1 is 1.04 bits per heavy atom. The fourth-order valence-electron chi connectivity index (χ4n) is 6.40. The average molecular weight is 674 g/mol. The van der Waals surface area contributed by atoms with Crippen LogP contribution in [0.15, 0.2) is 54.7 Å². The highest BCUT2D eigenvalue weighted by Crippen LogP contribution is 2.30. The van der Waals surface area contributed by atoms with Crippen LogP contribution in [0.2, 0.25) is 0 Å². The van der Waals surface area contributed by atoms with Crippen molar-refractivity contribution >= 4 is 28.0 Å². The number of carbonyl (C=O) groups excluding carboxylic acids is 1. The van der Waals surface area contributed by atoms with Gasteiger partial charge in [-0.15, -0.1) is 0 Å². The van der Waals surface area contributed by atoms with Crippen molar-refractivity contribution in [3.05, 3.63) is 77.5 Å². The molecule has 0 aliphatic carbocycles. The minimum Gasteiger partial charge on any atom is -0.471 e. The summed E-state index contributed by atoms with van der Waals surface area (Å²) in [5.41, 5.74) is 3.71. The predicted octanol–water partition coefficient (Wildman–Crippen LogP) is 6.14. The molecule has 2 saturated heterocycles. The third kappa shape index (κ3) is 7.73. The van der Waals surface area contributed by atoms with E-state index in [4.69, 9.17) is 24.2 Å². The average Bonchev–Trinajstić information content (AvgIpc) is 3.60. The third-order valence-corrected chi connectivity index (χ3v) is 8.98. The van der Waals surface area contributed by atoms with Crippen molar-refractivity contribution < 1.29 is 27.8 Å². The van der Waals surface area contributed by atoms with Gasteiger partial charge in [-0.2, -0.15) is 5.10 Å². The maximum absolute atomic E-state index is 12.9. The molecule has 0 amide bonds. The summed E-state index contributed by atoms with van der Waals surface area (Å²) in [7, 11) is 0. The molecule has 13 heteroatoms. The fraction of sp³-hybridized carbons (Fsp3) is 0.472. The van der Waals surface area contributed by atoms with E-state index in [1.807, 2.05) is 63.2 Å². The van der Waals surface area contributed by atoms with Gasteiger partial charge < -0.3 is 18.8 Å². The van der Waals surface area contributed by atoms with Crippen molar-refractivity contribution in [3.63, 3.8) is 0 Å². The van der Waals surface area contributed by atoms with Gasteiger partial charge in [0.05, 0.1) is 47.7 Å². The van der Waals surface area contributed by atoms with Gasteiger partial charge in [-0.1, -0.05) is 6.07 Å². The molecule has 2 fully saturated rings. The summed E-state index contributed by atoms with van der Waals surface area (Å²) in [4.78, 5) is 29.6. The van der Waals surface area contributed by atoms with E-state index in [1.54, 1.807) is 6.07 Å². The lowest BCUT2D eigenvalue weighted by atomic mass is 9.93. The van der Waals surface area contributed by atoms with E-state index in [-0.39, 0.29) is 24.6 Å². The summed E-state index contributed by atoms with van der Waals surface area (Å²) >= 11 is 0. The molecule has 0 saturated carbocycles. The van der Waals surface area contributed by atoms with Gasteiger partial charge in [0, 0.05) is 29.7 Å². The number of benzene rings is 1. The molecule has 11 nitrogen and oxygen atoms in total. The lowest BCUT2D eigenvalue weighted by Crippen LogP contribution is -2.35. The van der Waals surface area contributed by atoms with Gasteiger partial charge in [-0.3, -0.25) is 4.90 Å². The number of fused-ring (bicyclic) bond motifs is 2. The quantitative estimate of drug-likeness (QED) is 0.153. The van der Waals surface area contributed by atoms with Crippen LogP contribution in [0.4, 0.5) is 8.78 Å². The SMILES string of the molecule is CC(C)(C)OC(=O)c1ccc2nc(CN3CCC(c4cccc(OCc5ccc6cnn(CC(F)F)c6n5)n4)CC3)n(C[C@@H]3CCO3)c2c1. The first kappa shape index (κ1) is 33.0. The molecule has 0 spiro atoms. The number of alkyl halides is 2. The van der Waals surface area contributed by atoms with Crippen LogP contribution in [0.3, 0.4) is 0 Å². The first-order valence-electron chi connectivity index (χ1n) is 16.8. The molecule has 0 bridgehead atoms. The number of hydrogen-bond acceptors (Lipinski definition) is 9. The monoisotopic (exact) mass is 673 g/mol. The normalized spacial score (nSPS) is 17.6. The van der Waals surface area contributed by atoms with Gasteiger partial charge in [0.2, 0.25) is 5.88 Å². The van der Waals surface area contributed by atoms with Gasteiger partial charge in [-0.05, 0) is 89.5 Å². The number of hydrogen-bond donors (Lipinski definition) is 0. The Labute approximate surface area is 283 Å². The van der Waals surface area contributed by atoms with Crippen LogP contribution in [-0.4, -0.2) is 78.0 Å². The van der Waals surface area contributed by atoms with Crippen LogP contribution in [0.1, 0.15) is 73.5 Å². The van der Waals surface area contributed by atoms with E-state index in [0.717, 1.165) is 61.5 Å². The minimum atomic E-state index is -2.51. The molecular weight excluding hydrogens is 632 g/mol. The van der Waals surface area contributed by atoms with E-state index in [9.17, 15) is 13.6 Å². The molecule has 0 N–H and O–H groups in total. The number of esters is 1. The lowest BCUT2D eigenvalue weighted by molar-refractivity contribution is -0.0592. The fourth-order valence-corrected chi connectivity index (χ4v) is 6.40. The predicted molar refractivity (Wildman–Crippen MR) is 179 cm³/mol. The molecule has 6 heterocycles. The molecule has 4 aromatic heterocycles. The number of ether oxygens (including phenoxy) is 3. The summed E-state index contributed by atoms with van der Waals surface area (Å²) in [6.07, 6.45) is 2.05. The number of pyridine rings is 2. The maximum Gasteiger partial charge on any atom is 0.338 e. The van der Waals surface area contributed by atoms with Crippen molar-refractivity contribution in [2.75, 3.05) is 19.7 Å². The molecule has 2 aliphatic rings. The number of rotatable bonds is 11. The largest absolute Gasteiger partial charge is 0.471 e. The molecule has 0 unspecified atom stereocenters. The zero-order valence-electron chi connectivity index (χ0n) is 28.0. The van der Waals surface area contributed by atoms with Crippen LogP contribution < -0.4 is 4.74 Å². The van der Waals surface area contributed by atoms with Crippen LogP contribution in [0.25, 0.3) is 22.1 Å². The van der Waals surface area contributed by atoms with Crippen LogP contribution >= 0.6 is 0 Å². The summed E-state index contributed by atoms with van der Waals surface area (Å²) in [6, 6.07) is 15.0. The second kappa shape index (κ2) is 13.8. The summed E-state index contributed by atoms with van der Waals surface area (Å²) < 4.78 is 46.7. The first-order chi connectivity index (χ1) is 23.6. The number of likely N-dealkylation sites (tertiary alicyclic amines) is 1. The molecular formula is C36H41F2N7O4. The Morgan fingerprint density at radius 3 is 2.59 bits per heavy atom. The molecule has 2 aliphatic heterocycles. The van der Waals surface area contributed by atoms with E-state index in [0.29, 0.717) is 41.3 Å². The molecule has 0 radical (unpaired) electrons. The van der Waals surface area contributed by atoms with Crippen molar-refractivity contribution in [2.45, 2.75) is 90.3 Å². The standard InChI is InChI=1S/C36H41F2N7O4/c1-36(2,3)49-35(46)24-8-10-29-30(17-24)44(19-27-13-16-47-27)32(41-29)21-43-14-11-23(12-15-43)28-5-4-6-33(42-28)48-22-26-9-7-25-18-39-45(20-31(37)38)34(25)40-26/h4-10,17-18,23,27,31H,11-16,19-22H2,1-3H3/t27-/m0/s1. The minimum absolute atomic E-state index is 0.139. The van der Waals surface area contributed by atoms with E-state index < -0.39 is 18.6 Å². The highest BCUT2D eigenvalue weighted by atomic mass is 19.3. The van der Waals surface area contributed by atoms with Crippen LogP contribution in [0.5, 0.6) is 5.88 Å². The second-order valence-corrected chi connectivity index (χ2v) is 13.8. The molecule has 1 atom stereocenters. The molecule has 1 aromatic carbocycles. The van der Waals surface area contributed by atoms with Gasteiger partial charge in [-0.25, -0.2) is 33.2 Å². The Bertz CT molecular complexity index is 1940. The van der Waals surface area contributed by atoms with Crippen molar-refractivity contribution in [1.82, 2.24) is 34.2 Å². The number of nitrogens with zero attached hydrogens (tertiary/aromatic N) is 7. The number of aromatic nitrogens is 6. The van der Waals surface area contributed by atoms with Gasteiger partial charge in [0.25, 0.3) is 6.43 Å². The third-order valence-electron chi connectivity index (χ3n) is 8.98.